The van der Waals surface area contributed by atoms with Crippen molar-refractivity contribution in [2.45, 2.75) is 31.6 Å². The van der Waals surface area contributed by atoms with Crippen molar-refractivity contribution in [3.8, 4) is 0 Å². The minimum atomic E-state index is -3.63. The number of carbonyl (C=O) groups excluding carboxylic acids is 2. The molecule has 8 heteroatoms. The van der Waals surface area contributed by atoms with E-state index >= 15 is 0 Å². The SMILES string of the molecule is CCOC(=O)c1ccc(C)c(NC(=O)CCCN2c3cccc4cccc(c34)S2(=O)=O)c1. The summed E-state index contributed by atoms with van der Waals surface area (Å²) in [6.07, 6.45) is 0.494. The molecule has 1 heterocycles. The molecule has 0 unspecified atom stereocenters. The van der Waals surface area contributed by atoms with Gasteiger partial charge in [-0.3, -0.25) is 9.10 Å². The van der Waals surface area contributed by atoms with Gasteiger partial charge in [-0.2, -0.15) is 0 Å². The Labute approximate surface area is 187 Å². The van der Waals surface area contributed by atoms with Gasteiger partial charge in [0.2, 0.25) is 5.91 Å². The quantitative estimate of drug-likeness (QED) is 0.541. The second-order valence-electron chi connectivity index (χ2n) is 7.61. The third-order valence-electron chi connectivity index (χ3n) is 5.47. The number of hydrogen-bond acceptors (Lipinski definition) is 5. The van der Waals surface area contributed by atoms with E-state index in [2.05, 4.69) is 5.32 Å². The molecule has 0 aliphatic carbocycles. The first-order valence-electron chi connectivity index (χ1n) is 10.4. The minimum absolute atomic E-state index is 0.140. The Kier molecular flexibility index (Phi) is 5.88. The number of aryl methyl sites for hydroxylation is 1. The molecule has 0 spiro atoms. The lowest BCUT2D eigenvalue weighted by Gasteiger charge is -2.18. The molecule has 1 aliphatic heterocycles. The summed E-state index contributed by atoms with van der Waals surface area (Å²) < 4.78 is 32.4. The number of benzene rings is 3. The summed E-state index contributed by atoms with van der Waals surface area (Å²) in [5.41, 5.74) is 2.36. The van der Waals surface area contributed by atoms with Crippen molar-refractivity contribution >= 4 is 44.0 Å². The van der Waals surface area contributed by atoms with Gasteiger partial charge in [-0.1, -0.05) is 30.3 Å². The molecule has 166 valence electrons. The van der Waals surface area contributed by atoms with E-state index in [-0.39, 0.29) is 25.5 Å². The summed E-state index contributed by atoms with van der Waals surface area (Å²) in [5, 5.41) is 4.42. The molecule has 0 aromatic heterocycles. The molecule has 4 rings (SSSR count). The number of sulfonamides is 1. The van der Waals surface area contributed by atoms with Crippen LogP contribution in [0.4, 0.5) is 11.4 Å². The van der Waals surface area contributed by atoms with E-state index in [9.17, 15) is 18.0 Å². The monoisotopic (exact) mass is 452 g/mol. The maximum absolute atomic E-state index is 13.0. The highest BCUT2D eigenvalue weighted by molar-refractivity contribution is 7.93. The number of amides is 1. The topological polar surface area (TPSA) is 92.8 Å². The average Bonchev–Trinajstić information content (AvgIpc) is 2.98. The largest absolute Gasteiger partial charge is 0.462 e. The fourth-order valence-electron chi connectivity index (χ4n) is 3.89. The summed E-state index contributed by atoms with van der Waals surface area (Å²) in [5.74, 6) is -0.697. The van der Waals surface area contributed by atoms with E-state index in [0.29, 0.717) is 28.3 Å². The summed E-state index contributed by atoms with van der Waals surface area (Å²) in [7, 11) is -3.63. The third-order valence-corrected chi connectivity index (χ3v) is 7.32. The molecule has 3 aromatic carbocycles. The summed E-state index contributed by atoms with van der Waals surface area (Å²) >= 11 is 0. The highest BCUT2D eigenvalue weighted by atomic mass is 32.2. The van der Waals surface area contributed by atoms with E-state index in [1.807, 2.05) is 25.1 Å². The van der Waals surface area contributed by atoms with Crippen molar-refractivity contribution in [2.24, 2.45) is 0 Å². The molecule has 0 saturated heterocycles. The smallest absolute Gasteiger partial charge is 0.338 e. The van der Waals surface area contributed by atoms with Crippen molar-refractivity contribution in [3.05, 3.63) is 65.7 Å². The Bertz CT molecular complexity index is 1310. The standard InChI is InChI=1S/C24H24N2O5S/c1-3-31-24(28)18-13-12-16(2)19(15-18)25-22(27)11-6-14-26-20-9-4-7-17-8-5-10-21(23(17)20)32(26,29)30/h4-5,7-10,12-13,15H,3,6,11,14H2,1-2H3,(H,25,27). The summed E-state index contributed by atoms with van der Waals surface area (Å²) in [6, 6.07) is 15.8. The van der Waals surface area contributed by atoms with Gasteiger partial charge in [0.15, 0.2) is 0 Å². The summed E-state index contributed by atoms with van der Waals surface area (Å²) in [6.45, 7) is 4.03. The number of nitrogens with zero attached hydrogens (tertiary/aromatic N) is 1. The van der Waals surface area contributed by atoms with Crippen LogP contribution in [0.15, 0.2) is 59.5 Å². The molecule has 3 aromatic rings. The number of esters is 1. The molecule has 0 bridgehead atoms. The number of hydrogen-bond donors (Lipinski definition) is 1. The zero-order chi connectivity index (χ0) is 22.9. The number of ether oxygens (including phenoxy) is 1. The Morgan fingerprint density at radius 1 is 1.06 bits per heavy atom. The van der Waals surface area contributed by atoms with E-state index in [4.69, 9.17) is 4.74 Å². The minimum Gasteiger partial charge on any atom is -0.462 e. The van der Waals surface area contributed by atoms with Crippen LogP contribution in [0.1, 0.15) is 35.7 Å². The molecule has 1 aliphatic rings. The van der Waals surface area contributed by atoms with Gasteiger partial charge in [-0.15, -0.1) is 0 Å². The van der Waals surface area contributed by atoms with Gasteiger partial charge < -0.3 is 10.1 Å². The maximum Gasteiger partial charge on any atom is 0.338 e. The van der Waals surface area contributed by atoms with E-state index in [0.717, 1.165) is 16.3 Å². The number of nitrogens with one attached hydrogen (secondary N) is 1. The molecule has 7 nitrogen and oxygen atoms in total. The number of carbonyl (C=O) groups is 2. The lowest BCUT2D eigenvalue weighted by molar-refractivity contribution is -0.116. The first kappa shape index (κ1) is 21.8. The van der Waals surface area contributed by atoms with Crippen LogP contribution in [0.3, 0.4) is 0 Å². The maximum atomic E-state index is 13.0. The Balaban J connectivity index is 1.43. The molecule has 1 N–H and O–H groups in total. The first-order valence-corrected chi connectivity index (χ1v) is 11.9. The Hall–Kier alpha value is -3.39. The predicted molar refractivity (Wildman–Crippen MR) is 123 cm³/mol. The van der Waals surface area contributed by atoms with Crippen LogP contribution in [0.5, 0.6) is 0 Å². The van der Waals surface area contributed by atoms with Crippen molar-refractivity contribution in [3.63, 3.8) is 0 Å². The van der Waals surface area contributed by atoms with Crippen molar-refractivity contribution < 1.29 is 22.7 Å². The van der Waals surface area contributed by atoms with Crippen molar-refractivity contribution in [1.29, 1.82) is 0 Å². The normalized spacial score (nSPS) is 13.9. The molecule has 32 heavy (non-hydrogen) atoms. The molecule has 0 atom stereocenters. The lowest BCUT2D eigenvalue weighted by atomic mass is 10.1. The van der Waals surface area contributed by atoms with Crippen molar-refractivity contribution in [1.82, 2.24) is 0 Å². The van der Waals surface area contributed by atoms with Crippen LogP contribution in [0.25, 0.3) is 10.8 Å². The van der Waals surface area contributed by atoms with E-state index in [1.165, 1.54) is 4.31 Å². The van der Waals surface area contributed by atoms with Crippen LogP contribution in [0.2, 0.25) is 0 Å². The predicted octanol–water partition coefficient (Wildman–Crippen LogP) is 4.25. The van der Waals surface area contributed by atoms with Crippen LogP contribution in [0, 0.1) is 6.92 Å². The molecule has 0 saturated carbocycles. The lowest BCUT2D eigenvalue weighted by Crippen LogP contribution is -2.29. The van der Waals surface area contributed by atoms with Crippen LogP contribution >= 0.6 is 0 Å². The Morgan fingerprint density at radius 2 is 1.81 bits per heavy atom. The van der Waals surface area contributed by atoms with E-state index in [1.54, 1.807) is 43.3 Å². The zero-order valence-corrected chi connectivity index (χ0v) is 18.7. The highest BCUT2D eigenvalue weighted by Crippen LogP contribution is 2.41. The zero-order valence-electron chi connectivity index (χ0n) is 17.9. The van der Waals surface area contributed by atoms with Gasteiger partial charge in [0, 0.05) is 24.0 Å². The van der Waals surface area contributed by atoms with Gasteiger partial charge >= 0.3 is 5.97 Å². The number of anilines is 2. The Morgan fingerprint density at radius 3 is 2.56 bits per heavy atom. The van der Waals surface area contributed by atoms with Gasteiger partial charge in [-0.25, -0.2) is 13.2 Å². The number of rotatable bonds is 7. The average molecular weight is 453 g/mol. The van der Waals surface area contributed by atoms with Gasteiger partial charge in [0.25, 0.3) is 10.0 Å². The van der Waals surface area contributed by atoms with Crippen LogP contribution in [-0.2, 0) is 19.6 Å². The first-order chi connectivity index (χ1) is 15.3. The second-order valence-corrected chi connectivity index (χ2v) is 9.44. The fraction of sp³-hybridized carbons (Fsp3) is 0.250. The molecule has 0 fully saturated rings. The van der Waals surface area contributed by atoms with E-state index < -0.39 is 16.0 Å². The fourth-order valence-corrected chi connectivity index (χ4v) is 5.64. The van der Waals surface area contributed by atoms with Crippen molar-refractivity contribution in [2.75, 3.05) is 22.8 Å². The van der Waals surface area contributed by atoms with Gasteiger partial charge in [-0.05, 0) is 55.5 Å². The van der Waals surface area contributed by atoms with Gasteiger partial charge in [0.1, 0.15) is 0 Å². The van der Waals surface area contributed by atoms with Crippen LogP contribution in [-0.4, -0.2) is 33.4 Å². The third kappa shape index (κ3) is 3.93. The molecular weight excluding hydrogens is 428 g/mol. The summed E-state index contributed by atoms with van der Waals surface area (Å²) in [4.78, 5) is 24.8. The molecule has 0 radical (unpaired) electrons. The van der Waals surface area contributed by atoms with Gasteiger partial charge in [0.05, 0.1) is 22.8 Å². The molecule has 1 amide bonds. The van der Waals surface area contributed by atoms with Crippen LogP contribution < -0.4 is 9.62 Å². The second kappa shape index (κ2) is 8.63. The highest BCUT2D eigenvalue weighted by Gasteiger charge is 2.35. The molecular formula is C24H24N2O5S.